The topological polar surface area (TPSA) is 66.9 Å². The molecular formula is C10H13F3N2O. The van der Waals surface area contributed by atoms with Gasteiger partial charge in [-0.15, -0.1) is 0 Å². The van der Waals surface area contributed by atoms with Gasteiger partial charge in [0.05, 0.1) is 5.57 Å². The van der Waals surface area contributed by atoms with Crippen LogP contribution in [0.4, 0.5) is 13.2 Å². The summed E-state index contributed by atoms with van der Waals surface area (Å²) in [6.07, 6.45) is -4.63. The normalized spacial score (nSPS) is 21.2. The number of carbonyl (C=O) groups is 1. The number of rotatable bonds is 1. The maximum Gasteiger partial charge on any atom is 0.433 e. The van der Waals surface area contributed by atoms with Gasteiger partial charge in [0.1, 0.15) is 5.71 Å². The number of halogens is 3. The third-order valence-corrected chi connectivity index (χ3v) is 2.44. The quantitative estimate of drug-likeness (QED) is 0.683. The first-order valence-corrected chi connectivity index (χ1v) is 4.72. The lowest BCUT2D eigenvalue weighted by Crippen LogP contribution is -2.36. The Morgan fingerprint density at radius 3 is 2.25 bits per heavy atom. The van der Waals surface area contributed by atoms with Crippen molar-refractivity contribution < 1.29 is 18.0 Å². The number of hydrogen-bond donors (Lipinski definition) is 2. The van der Waals surface area contributed by atoms with E-state index in [1.165, 1.54) is 0 Å². The molecule has 1 aliphatic rings. The Hall–Kier alpha value is -1.33. The summed E-state index contributed by atoms with van der Waals surface area (Å²) in [4.78, 5) is 11.5. The van der Waals surface area contributed by atoms with Gasteiger partial charge in [0.15, 0.2) is 5.78 Å². The van der Waals surface area contributed by atoms with Crippen molar-refractivity contribution in [2.75, 3.05) is 0 Å². The lowest BCUT2D eigenvalue weighted by molar-refractivity contribution is -0.118. The first-order valence-electron chi connectivity index (χ1n) is 4.72. The number of Topliss-reactive ketones (excluding diaryl/α,β-unsaturated/α-hetero) is 1. The van der Waals surface area contributed by atoms with Gasteiger partial charge in [-0.25, -0.2) is 0 Å². The number of allylic oxidation sites excluding steroid dienone is 2. The Balaban J connectivity index is 3.15. The fourth-order valence-corrected chi connectivity index (χ4v) is 1.81. The minimum Gasteiger partial charge on any atom is -0.401 e. The summed E-state index contributed by atoms with van der Waals surface area (Å²) in [6.45, 7) is 3.51. The second-order valence-electron chi connectivity index (χ2n) is 4.71. The van der Waals surface area contributed by atoms with E-state index in [1.54, 1.807) is 13.8 Å². The van der Waals surface area contributed by atoms with Crippen LogP contribution in [0.1, 0.15) is 26.7 Å². The monoisotopic (exact) mass is 234 g/mol. The smallest absolute Gasteiger partial charge is 0.401 e. The van der Waals surface area contributed by atoms with Crippen LogP contribution >= 0.6 is 0 Å². The molecule has 6 heteroatoms. The van der Waals surface area contributed by atoms with Crippen LogP contribution in [-0.2, 0) is 4.79 Å². The Bertz CT molecular complexity index is 380. The van der Waals surface area contributed by atoms with Gasteiger partial charge in [0.2, 0.25) is 0 Å². The molecule has 0 saturated heterocycles. The number of ketones is 1. The van der Waals surface area contributed by atoms with E-state index in [9.17, 15) is 18.0 Å². The van der Waals surface area contributed by atoms with Crippen LogP contribution < -0.4 is 5.73 Å². The van der Waals surface area contributed by atoms with E-state index < -0.39 is 28.7 Å². The highest BCUT2D eigenvalue weighted by Crippen LogP contribution is 2.37. The highest BCUT2D eigenvalue weighted by Gasteiger charge is 2.43. The van der Waals surface area contributed by atoms with Gasteiger partial charge in [-0.05, 0) is 11.8 Å². The van der Waals surface area contributed by atoms with E-state index in [-0.39, 0.29) is 18.5 Å². The van der Waals surface area contributed by atoms with Crippen molar-refractivity contribution >= 4 is 11.5 Å². The van der Waals surface area contributed by atoms with Gasteiger partial charge in [0, 0.05) is 12.1 Å². The summed E-state index contributed by atoms with van der Waals surface area (Å²) in [5, 5.41) is 6.94. The molecule has 1 aliphatic carbocycles. The lowest BCUT2D eigenvalue weighted by Gasteiger charge is -2.30. The second-order valence-corrected chi connectivity index (χ2v) is 4.71. The van der Waals surface area contributed by atoms with Gasteiger partial charge in [-0.1, -0.05) is 13.8 Å². The van der Waals surface area contributed by atoms with Crippen molar-refractivity contribution in [3.63, 3.8) is 0 Å². The highest BCUT2D eigenvalue weighted by molar-refractivity contribution is 6.24. The molecule has 0 heterocycles. The zero-order chi connectivity index (χ0) is 12.7. The molecule has 90 valence electrons. The molecule has 0 saturated carbocycles. The molecule has 0 fully saturated rings. The molecular weight excluding hydrogens is 221 g/mol. The van der Waals surface area contributed by atoms with Crippen molar-refractivity contribution in [1.29, 1.82) is 5.41 Å². The zero-order valence-electron chi connectivity index (χ0n) is 9.03. The van der Waals surface area contributed by atoms with Gasteiger partial charge in [0.25, 0.3) is 0 Å². The Kier molecular flexibility index (Phi) is 2.87. The van der Waals surface area contributed by atoms with E-state index in [0.717, 1.165) is 0 Å². The molecule has 0 aromatic heterocycles. The average Bonchev–Trinajstić information content (AvgIpc) is 1.97. The fourth-order valence-electron chi connectivity index (χ4n) is 1.81. The van der Waals surface area contributed by atoms with E-state index in [4.69, 9.17) is 11.1 Å². The SMILES string of the molecule is CC1(C)CC(=O)C(C(=N)C(F)(F)F)=C(N)C1. The molecule has 0 aliphatic heterocycles. The van der Waals surface area contributed by atoms with Crippen LogP contribution in [0.15, 0.2) is 11.3 Å². The van der Waals surface area contributed by atoms with E-state index in [0.29, 0.717) is 0 Å². The van der Waals surface area contributed by atoms with Crippen molar-refractivity contribution in [2.45, 2.75) is 32.9 Å². The van der Waals surface area contributed by atoms with Crippen LogP contribution in [0.3, 0.4) is 0 Å². The van der Waals surface area contributed by atoms with Crippen molar-refractivity contribution in [3.05, 3.63) is 11.3 Å². The Morgan fingerprint density at radius 1 is 1.38 bits per heavy atom. The molecule has 0 amide bonds. The van der Waals surface area contributed by atoms with Gasteiger partial charge in [-0.3, -0.25) is 10.2 Å². The maximum atomic E-state index is 12.3. The number of nitrogens with two attached hydrogens (primary N) is 1. The van der Waals surface area contributed by atoms with Crippen LogP contribution in [-0.4, -0.2) is 17.7 Å². The third kappa shape index (κ3) is 2.43. The standard InChI is InChI=1S/C10H13F3N2O/c1-9(2)3-5(14)7(6(16)4-9)8(15)10(11,12)13/h15H,3-4,14H2,1-2H3. The minimum absolute atomic E-state index is 0.0124. The number of hydrogen-bond acceptors (Lipinski definition) is 3. The van der Waals surface area contributed by atoms with E-state index >= 15 is 0 Å². The third-order valence-electron chi connectivity index (χ3n) is 2.44. The minimum atomic E-state index is -4.82. The first kappa shape index (κ1) is 12.7. The summed E-state index contributed by atoms with van der Waals surface area (Å²) in [6, 6.07) is 0. The summed E-state index contributed by atoms with van der Waals surface area (Å²) in [7, 11) is 0. The summed E-state index contributed by atoms with van der Waals surface area (Å²) in [5.74, 6) is -0.698. The summed E-state index contributed by atoms with van der Waals surface area (Å²) < 4.78 is 36.9. The predicted molar refractivity (Wildman–Crippen MR) is 53.0 cm³/mol. The van der Waals surface area contributed by atoms with Crippen LogP contribution in [0, 0.1) is 10.8 Å². The molecule has 0 unspecified atom stereocenters. The van der Waals surface area contributed by atoms with E-state index in [2.05, 4.69) is 0 Å². The molecule has 0 aromatic rings. The first-order chi connectivity index (χ1) is 7.04. The van der Waals surface area contributed by atoms with Gasteiger partial charge < -0.3 is 5.73 Å². The van der Waals surface area contributed by atoms with Crippen LogP contribution in [0.5, 0.6) is 0 Å². The average molecular weight is 234 g/mol. The molecule has 16 heavy (non-hydrogen) atoms. The summed E-state index contributed by atoms with van der Waals surface area (Å²) >= 11 is 0. The predicted octanol–water partition coefficient (Wildman–Crippen LogP) is 2.17. The largest absolute Gasteiger partial charge is 0.433 e. The fraction of sp³-hybridized carbons (Fsp3) is 0.600. The highest BCUT2D eigenvalue weighted by atomic mass is 19.4. The van der Waals surface area contributed by atoms with Crippen LogP contribution in [0.2, 0.25) is 0 Å². The maximum absolute atomic E-state index is 12.3. The van der Waals surface area contributed by atoms with Crippen LogP contribution in [0.25, 0.3) is 0 Å². The molecule has 0 spiro atoms. The molecule has 0 atom stereocenters. The lowest BCUT2D eigenvalue weighted by atomic mass is 9.75. The Labute approximate surface area is 91.0 Å². The van der Waals surface area contributed by atoms with Crippen molar-refractivity contribution in [2.24, 2.45) is 11.1 Å². The zero-order valence-corrected chi connectivity index (χ0v) is 9.03. The Morgan fingerprint density at radius 2 is 1.88 bits per heavy atom. The van der Waals surface area contributed by atoms with Crippen molar-refractivity contribution in [3.8, 4) is 0 Å². The number of nitrogens with one attached hydrogen (secondary N) is 1. The number of carbonyl (C=O) groups excluding carboxylic acids is 1. The molecule has 0 aromatic carbocycles. The van der Waals surface area contributed by atoms with Gasteiger partial charge >= 0.3 is 6.18 Å². The van der Waals surface area contributed by atoms with Gasteiger partial charge in [-0.2, -0.15) is 13.2 Å². The summed E-state index contributed by atoms with van der Waals surface area (Å²) in [5.41, 5.74) is 2.60. The van der Waals surface area contributed by atoms with Crippen molar-refractivity contribution in [1.82, 2.24) is 0 Å². The molecule has 1 rings (SSSR count). The molecule has 0 radical (unpaired) electrons. The molecule has 3 nitrogen and oxygen atoms in total. The second kappa shape index (κ2) is 3.61. The molecule has 0 bridgehead atoms. The van der Waals surface area contributed by atoms with E-state index in [1.807, 2.05) is 0 Å². The number of alkyl halides is 3. The molecule has 3 N–H and O–H groups in total.